The number of rotatable bonds is 2. The Morgan fingerprint density at radius 1 is 1.03 bits per heavy atom. The molecule has 9 atom stereocenters. The molecule has 0 bridgehead atoms. The van der Waals surface area contributed by atoms with E-state index in [1.807, 2.05) is 26.8 Å². The van der Waals surface area contributed by atoms with Crippen LogP contribution in [-0.4, -0.2) is 34.4 Å². The second-order valence-electron chi connectivity index (χ2n) is 12.3. The SMILES string of the molecule is CC.CC1CCC2(C(=O)O)CCC3C(=CC(=O)C4C3(C)CCC3C(C)C(=O)CCC34CO)C2C1. The van der Waals surface area contributed by atoms with Crippen molar-refractivity contribution in [1.82, 2.24) is 0 Å². The van der Waals surface area contributed by atoms with E-state index in [9.17, 15) is 24.6 Å². The van der Waals surface area contributed by atoms with Gasteiger partial charge in [0.1, 0.15) is 5.78 Å². The van der Waals surface area contributed by atoms with Gasteiger partial charge >= 0.3 is 5.97 Å². The number of aliphatic hydroxyl groups is 1. The second kappa shape index (κ2) is 8.87. The third kappa shape index (κ3) is 3.32. The van der Waals surface area contributed by atoms with Crippen LogP contribution in [0.4, 0.5) is 0 Å². The van der Waals surface area contributed by atoms with Crippen molar-refractivity contribution < 1.29 is 24.6 Å². The van der Waals surface area contributed by atoms with Crippen LogP contribution >= 0.6 is 0 Å². The van der Waals surface area contributed by atoms with Gasteiger partial charge in [0.15, 0.2) is 5.78 Å². The van der Waals surface area contributed by atoms with Crippen molar-refractivity contribution >= 4 is 17.5 Å². The van der Waals surface area contributed by atoms with Gasteiger partial charge in [-0.05, 0) is 86.5 Å². The van der Waals surface area contributed by atoms with E-state index in [1.165, 1.54) is 0 Å². The fourth-order valence-corrected chi connectivity index (χ4v) is 9.44. The first-order valence-electron chi connectivity index (χ1n) is 13.7. The first-order valence-corrected chi connectivity index (χ1v) is 13.7. The molecule has 5 aliphatic rings. The van der Waals surface area contributed by atoms with Gasteiger partial charge in [0.2, 0.25) is 0 Å². The highest BCUT2D eigenvalue weighted by Crippen LogP contribution is 2.69. The number of carbonyl (C=O) groups excluding carboxylic acids is 2. The number of carboxylic acid groups (broad SMARTS) is 1. The van der Waals surface area contributed by atoms with Gasteiger partial charge in [-0.1, -0.05) is 40.2 Å². The zero-order valence-electron chi connectivity index (χ0n) is 21.7. The molecule has 4 saturated carbocycles. The van der Waals surface area contributed by atoms with E-state index in [4.69, 9.17) is 0 Å². The third-order valence-electron chi connectivity index (χ3n) is 11.1. The van der Waals surface area contributed by atoms with Crippen LogP contribution < -0.4 is 0 Å². The Morgan fingerprint density at radius 2 is 1.71 bits per heavy atom. The number of Topliss-reactive ketones (excluding diaryl/α,β-unsaturated/α-hetero) is 1. The van der Waals surface area contributed by atoms with E-state index >= 15 is 0 Å². The van der Waals surface area contributed by atoms with E-state index in [1.54, 1.807) is 0 Å². The molecule has 34 heavy (non-hydrogen) atoms. The molecule has 0 aromatic rings. The fourth-order valence-electron chi connectivity index (χ4n) is 9.44. The predicted octanol–water partition coefficient (Wildman–Crippen LogP) is 5.45. The lowest BCUT2D eigenvalue weighted by Gasteiger charge is -2.65. The van der Waals surface area contributed by atoms with Gasteiger partial charge in [-0.25, -0.2) is 0 Å². The minimum atomic E-state index is -0.726. The average Bonchev–Trinajstić information content (AvgIpc) is 2.82. The molecular formula is C29H44O5. The van der Waals surface area contributed by atoms with Crippen LogP contribution in [0.1, 0.15) is 92.4 Å². The highest BCUT2D eigenvalue weighted by atomic mass is 16.4. The highest BCUT2D eigenvalue weighted by molar-refractivity contribution is 5.96. The third-order valence-corrected chi connectivity index (χ3v) is 11.1. The van der Waals surface area contributed by atoms with Gasteiger partial charge in [0, 0.05) is 30.3 Å². The molecule has 190 valence electrons. The number of aliphatic hydroxyl groups excluding tert-OH is 1. The van der Waals surface area contributed by atoms with Gasteiger partial charge in [0.05, 0.1) is 5.41 Å². The molecule has 0 aliphatic heterocycles. The first-order chi connectivity index (χ1) is 16.1. The Bertz CT molecular complexity index is 891. The molecule has 0 aromatic carbocycles. The number of carbonyl (C=O) groups is 3. The number of fused-ring (bicyclic) bond motifs is 7. The zero-order chi connectivity index (χ0) is 25.1. The summed E-state index contributed by atoms with van der Waals surface area (Å²) in [6.07, 6.45) is 8.59. The summed E-state index contributed by atoms with van der Waals surface area (Å²) >= 11 is 0. The Balaban J connectivity index is 0.00000133. The predicted molar refractivity (Wildman–Crippen MR) is 131 cm³/mol. The molecule has 0 spiro atoms. The minimum Gasteiger partial charge on any atom is -0.481 e. The van der Waals surface area contributed by atoms with Crippen LogP contribution in [0.15, 0.2) is 11.6 Å². The lowest BCUT2D eigenvalue weighted by Crippen LogP contribution is -2.64. The lowest BCUT2D eigenvalue weighted by molar-refractivity contribution is -0.180. The molecular weight excluding hydrogens is 428 g/mol. The number of carboxylic acids is 1. The minimum absolute atomic E-state index is 0.0449. The molecule has 4 fully saturated rings. The highest BCUT2D eigenvalue weighted by Gasteiger charge is 2.67. The van der Waals surface area contributed by atoms with Crippen LogP contribution in [0.25, 0.3) is 0 Å². The quantitative estimate of drug-likeness (QED) is 0.558. The number of allylic oxidation sites excluding steroid dienone is 2. The molecule has 0 amide bonds. The summed E-state index contributed by atoms with van der Waals surface area (Å²) in [7, 11) is 0. The van der Waals surface area contributed by atoms with Crippen LogP contribution in [0, 0.1) is 51.8 Å². The Morgan fingerprint density at radius 3 is 2.35 bits per heavy atom. The smallest absolute Gasteiger partial charge is 0.310 e. The summed E-state index contributed by atoms with van der Waals surface area (Å²) < 4.78 is 0. The topological polar surface area (TPSA) is 91.7 Å². The normalized spacial score (nSPS) is 47.6. The number of aliphatic carboxylic acids is 1. The van der Waals surface area contributed by atoms with Crippen molar-refractivity contribution in [3.05, 3.63) is 11.6 Å². The van der Waals surface area contributed by atoms with Crippen LogP contribution in [-0.2, 0) is 14.4 Å². The molecule has 5 aliphatic carbocycles. The molecule has 0 heterocycles. The standard InChI is InChI=1S/C27H38O5.C2H6/c1-15-4-9-26(24(31)32)10-6-19-17(20(26)12-15)13-22(30)23-25(19,3)8-5-18-16(2)21(29)7-11-27(18,23)14-28;1-2/h13,15-16,18-20,23,28H,4-12,14H2,1-3H3,(H,31,32);1-2H3. The molecule has 5 nitrogen and oxygen atoms in total. The number of ketones is 2. The largest absolute Gasteiger partial charge is 0.481 e. The van der Waals surface area contributed by atoms with E-state index in [-0.39, 0.29) is 53.2 Å². The van der Waals surface area contributed by atoms with Crippen LogP contribution in [0.2, 0.25) is 0 Å². The average molecular weight is 473 g/mol. The Kier molecular flexibility index (Phi) is 6.68. The molecule has 0 radical (unpaired) electrons. The molecule has 5 heteroatoms. The number of hydrogen-bond acceptors (Lipinski definition) is 4. The van der Waals surface area contributed by atoms with Gasteiger partial charge < -0.3 is 10.2 Å². The summed E-state index contributed by atoms with van der Waals surface area (Å²) in [6, 6.07) is 0. The first kappa shape index (κ1) is 25.6. The zero-order valence-corrected chi connectivity index (χ0v) is 21.7. The van der Waals surface area contributed by atoms with Gasteiger partial charge in [-0.2, -0.15) is 0 Å². The van der Waals surface area contributed by atoms with Crippen molar-refractivity contribution in [1.29, 1.82) is 0 Å². The summed E-state index contributed by atoms with van der Waals surface area (Å²) in [4.78, 5) is 38.9. The Labute approximate surface area is 204 Å². The summed E-state index contributed by atoms with van der Waals surface area (Å²) in [6.45, 7) is 10.4. The summed E-state index contributed by atoms with van der Waals surface area (Å²) in [5.41, 5.74) is -0.428. The lowest BCUT2D eigenvalue weighted by atomic mass is 9.38. The van der Waals surface area contributed by atoms with Gasteiger partial charge in [-0.15, -0.1) is 0 Å². The summed E-state index contributed by atoms with van der Waals surface area (Å²) in [5.74, 6) is -0.0571. The molecule has 2 N–H and O–H groups in total. The van der Waals surface area contributed by atoms with Gasteiger partial charge in [-0.3, -0.25) is 14.4 Å². The van der Waals surface area contributed by atoms with E-state index < -0.39 is 16.8 Å². The number of hydrogen-bond donors (Lipinski definition) is 2. The molecule has 0 saturated heterocycles. The molecule has 5 rings (SSSR count). The Hall–Kier alpha value is -1.49. The van der Waals surface area contributed by atoms with Crippen molar-refractivity contribution in [3.8, 4) is 0 Å². The van der Waals surface area contributed by atoms with E-state index in [2.05, 4.69) is 13.8 Å². The fraction of sp³-hybridized carbons (Fsp3) is 0.828. The van der Waals surface area contributed by atoms with Crippen molar-refractivity contribution in [3.63, 3.8) is 0 Å². The van der Waals surface area contributed by atoms with E-state index in [0.717, 1.165) is 37.7 Å². The van der Waals surface area contributed by atoms with Gasteiger partial charge in [0.25, 0.3) is 0 Å². The van der Waals surface area contributed by atoms with Crippen molar-refractivity contribution in [2.45, 2.75) is 92.4 Å². The summed E-state index contributed by atoms with van der Waals surface area (Å²) in [5, 5.41) is 21.0. The molecule has 0 aromatic heterocycles. The maximum absolute atomic E-state index is 13.9. The van der Waals surface area contributed by atoms with Crippen molar-refractivity contribution in [2.75, 3.05) is 6.61 Å². The van der Waals surface area contributed by atoms with Crippen molar-refractivity contribution in [2.24, 2.45) is 51.8 Å². The monoisotopic (exact) mass is 472 g/mol. The maximum atomic E-state index is 13.9. The second-order valence-corrected chi connectivity index (χ2v) is 12.3. The van der Waals surface area contributed by atoms with E-state index in [0.29, 0.717) is 31.6 Å². The molecule has 9 unspecified atom stereocenters. The maximum Gasteiger partial charge on any atom is 0.310 e. The van der Waals surface area contributed by atoms with Crippen LogP contribution in [0.5, 0.6) is 0 Å². The van der Waals surface area contributed by atoms with Crippen LogP contribution in [0.3, 0.4) is 0 Å².